The number of rotatable bonds is 2. The summed E-state index contributed by atoms with van der Waals surface area (Å²) >= 11 is 0. The number of hydrogen-bond acceptors (Lipinski definition) is 1. The minimum absolute atomic E-state index is 0.375. The normalized spacial score (nSPS) is 9.11. The Hall–Kier alpha value is -0.300. The lowest BCUT2D eigenvalue weighted by Gasteiger charge is -2.09. The van der Waals surface area contributed by atoms with Gasteiger partial charge in [0.05, 0.1) is 12.2 Å². The Bertz CT molecular complexity index is 42.5. The summed E-state index contributed by atoms with van der Waals surface area (Å²) in [6.45, 7) is 14.2. The molecule has 9 heavy (non-hydrogen) atoms. The van der Waals surface area contributed by atoms with E-state index in [0.29, 0.717) is 12.2 Å². The summed E-state index contributed by atoms with van der Waals surface area (Å²) < 4.78 is 5.25. The molecule has 0 saturated carbocycles. The van der Waals surface area contributed by atoms with Crippen molar-refractivity contribution in [1.82, 2.24) is 0 Å². The average molecular weight is 130 g/mol. The van der Waals surface area contributed by atoms with E-state index in [0.717, 1.165) is 0 Å². The molecule has 1 nitrogen and oxygen atoms in total. The zero-order valence-corrected chi connectivity index (χ0v) is 6.98. The molecule has 0 amide bonds. The van der Waals surface area contributed by atoms with Gasteiger partial charge in [-0.15, -0.1) is 13.2 Å². The van der Waals surface area contributed by atoms with Crippen LogP contribution >= 0.6 is 0 Å². The molecule has 0 aliphatic rings. The standard InChI is InChI=1S/C6H14O.C2H4/c1-5(2)7-6(3)4;1-2/h5-6H,1-4H3;1-2H2. The molecule has 0 atom stereocenters. The monoisotopic (exact) mass is 130 g/mol. The third kappa shape index (κ3) is 18.3. The van der Waals surface area contributed by atoms with Gasteiger partial charge in [-0.1, -0.05) is 0 Å². The summed E-state index contributed by atoms with van der Waals surface area (Å²) in [6.07, 6.45) is 0.750. The fraction of sp³-hybridized carbons (Fsp3) is 0.750. The Labute approximate surface area is 58.7 Å². The minimum atomic E-state index is 0.375. The van der Waals surface area contributed by atoms with Crippen LogP contribution in [0.15, 0.2) is 13.2 Å². The van der Waals surface area contributed by atoms with E-state index in [1.54, 1.807) is 0 Å². The molecule has 0 bridgehead atoms. The third-order valence-electron chi connectivity index (χ3n) is 0.544. The minimum Gasteiger partial charge on any atom is -0.376 e. The molecule has 56 valence electrons. The van der Waals surface area contributed by atoms with E-state index in [9.17, 15) is 0 Å². The van der Waals surface area contributed by atoms with Crippen molar-refractivity contribution in [2.75, 3.05) is 0 Å². The van der Waals surface area contributed by atoms with Crippen LogP contribution in [-0.2, 0) is 4.74 Å². The topological polar surface area (TPSA) is 9.23 Å². The van der Waals surface area contributed by atoms with Crippen LogP contribution in [0.25, 0.3) is 0 Å². The smallest absolute Gasteiger partial charge is 0.0522 e. The number of hydrogen-bond donors (Lipinski definition) is 0. The maximum Gasteiger partial charge on any atom is 0.0522 e. The first kappa shape index (κ1) is 11.5. The maximum absolute atomic E-state index is 5.25. The summed E-state index contributed by atoms with van der Waals surface area (Å²) in [4.78, 5) is 0. The van der Waals surface area contributed by atoms with Gasteiger partial charge >= 0.3 is 0 Å². The van der Waals surface area contributed by atoms with Crippen molar-refractivity contribution in [1.29, 1.82) is 0 Å². The Morgan fingerprint density at radius 1 is 0.889 bits per heavy atom. The second-order valence-electron chi connectivity index (χ2n) is 2.23. The predicted octanol–water partition coefficient (Wildman–Crippen LogP) is 2.62. The molecule has 0 heterocycles. The van der Waals surface area contributed by atoms with Gasteiger partial charge in [0.2, 0.25) is 0 Å². The van der Waals surface area contributed by atoms with Crippen molar-refractivity contribution in [2.45, 2.75) is 39.9 Å². The molecule has 0 saturated heterocycles. The van der Waals surface area contributed by atoms with Gasteiger partial charge in [-0.25, -0.2) is 0 Å². The van der Waals surface area contributed by atoms with Crippen LogP contribution in [0.5, 0.6) is 0 Å². The van der Waals surface area contributed by atoms with Crippen LogP contribution in [0.2, 0.25) is 0 Å². The lowest BCUT2D eigenvalue weighted by atomic mass is 10.4. The van der Waals surface area contributed by atoms with Gasteiger partial charge in [-0.3, -0.25) is 0 Å². The zero-order chi connectivity index (χ0) is 7.86. The molecule has 0 radical (unpaired) electrons. The summed E-state index contributed by atoms with van der Waals surface area (Å²) in [7, 11) is 0. The Morgan fingerprint density at radius 2 is 1.11 bits per heavy atom. The van der Waals surface area contributed by atoms with E-state index in [-0.39, 0.29) is 0 Å². The highest BCUT2D eigenvalue weighted by Crippen LogP contribution is 1.93. The van der Waals surface area contributed by atoms with Crippen molar-refractivity contribution in [3.05, 3.63) is 13.2 Å². The first-order valence-electron chi connectivity index (χ1n) is 3.28. The third-order valence-corrected chi connectivity index (χ3v) is 0.544. The van der Waals surface area contributed by atoms with Crippen LogP contribution in [-0.4, -0.2) is 12.2 Å². The van der Waals surface area contributed by atoms with Crippen LogP contribution < -0.4 is 0 Å². The molecule has 0 unspecified atom stereocenters. The van der Waals surface area contributed by atoms with Gasteiger partial charge in [-0.2, -0.15) is 0 Å². The molecule has 0 aromatic carbocycles. The Balaban J connectivity index is 0. The van der Waals surface area contributed by atoms with Gasteiger partial charge in [0, 0.05) is 0 Å². The quantitative estimate of drug-likeness (QED) is 0.522. The molecular formula is C8H18O. The van der Waals surface area contributed by atoms with Gasteiger partial charge < -0.3 is 4.74 Å². The first-order chi connectivity index (χ1) is 4.13. The van der Waals surface area contributed by atoms with Gasteiger partial charge in [0.15, 0.2) is 0 Å². The lowest BCUT2D eigenvalue weighted by molar-refractivity contribution is 0.0300. The summed E-state index contributed by atoms with van der Waals surface area (Å²) in [5.74, 6) is 0. The highest BCUT2D eigenvalue weighted by molar-refractivity contribution is 4.40. The molecule has 0 N–H and O–H groups in total. The molecule has 0 aliphatic carbocycles. The molecule has 0 rings (SSSR count). The second kappa shape index (κ2) is 7.70. The highest BCUT2D eigenvalue weighted by Gasteiger charge is 1.94. The highest BCUT2D eigenvalue weighted by atomic mass is 16.5. The Kier molecular flexibility index (Phi) is 9.83. The molecular weight excluding hydrogens is 112 g/mol. The van der Waals surface area contributed by atoms with Gasteiger partial charge in [0.25, 0.3) is 0 Å². The molecule has 0 aromatic heterocycles. The zero-order valence-electron chi connectivity index (χ0n) is 6.98. The van der Waals surface area contributed by atoms with Crippen molar-refractivity contribution in [2.24, 2.45) is 0 Å². The fourth-order valence-corrected chi connectivity index (χ4v) is 0.544. The largest absolute Gasteiger partial charge is 0.376 e. The first-order valence-corrected chi connectivity index (χ1v) is 3.28. The van der Waals surface area contributed by atoms with E-state index >= 15 is 0 Å². The van der Waals surface area contributed by atoms with E-state index < -0.39 is 0 Å². The van der Waals surface area contributed by atoms with Crippen molar-refractivity contribution in [3.63, 3.8) is 0 Å². The van der Waals surface area contributed by atoms with E-state index in [4.69, 9.17) is 4.74 Å². The van der Waals surface area contributed by atoms with Gasteiger partial charge in [-0.05, 0) is 27.7 Å². The van der Waals surface area contributed by atoms with Crippen molar-refractivity contribution in [3.8, 4) is 0 Å². The molecule has 1 heteroatoms. The summed E-state index contributed by atoms with van der Waals surface area (Å²) in [6, 6.07) is 0. The van der Waals surface area contributed by atoms with E-state index in [2.05, 4.69) is 13.2 Å². The fourth-order valence-electron chi connectivity index (χ4n) is 0.544. The van der Waals surface area contributed by atoms with Crippen LogP contribution in [0.4, 0.5) is 0 Å². The van der Waals surface area contributed by atoms with Crippen LogP contribution in [0.3, 0.4) is 0 Å². The number of ether oxygens (including phenoxy) is 1. The SMILES string of the molecule is C=C.CC(C)OC(C)C. The molecule has 0 aromatic rings. The average Bonchev–Trinajstić information content (AvgIpc) is 1.68. The van der Waals surface area contributed by atoms with Crippen LogP contribution in [0.1, 0.15) is 27.7 Å². The maximum atomic E-state index is 5.25. The lowest BCUT2D eigenvalue weighted by Crippen LogP contribution is -2.09. The second-order valence-corrected chi connectivity index (χ2v) is 2.23. The van der Waals surface area contributed by atoms with E-state index in [1.807, 2.05) is 27.7 Å². The Morgan fingerprint density at radius 3 is 1.11 bits per heavy atom. The summed E-state index contributed by atoms with van der Waals surface area (Å²) in [5.41, 5.74) is 0. The molecule has 0 aliphatic heterocycles. The van der Waals surface area contributed by atoms with Crippen LogP contribution in [0, 0.1) is 0 Å². The van der Waals surface area contributed by atoms with Crippen molar-refractivity contribution < 1.29 is 4.74 Å². The predicted molar refractivity (Wildman–Crippen MR) is 42.6 cm³/mol. The summed E-state index contributed by atoms with van der Waals surface area (Å²) in [5, 5.41) is 0. The molecule has 0 fully saturated rings. The van der Waals surface area contributed by atoms with E-state index in [1.165, 1.54) is 0 Å². The molecule has 0 spiro atoms. The van der Waals surface area contributed by atoms with Crippen molar-refractivity contribution >= 4 is 0 Å². The van der Waals surface area contributed by atoms with Gasteiger partial charge in [0.1, 0.15) is 0 Å².